The standard InChI is InChI=1S/C13H12N4OS2/c1-3-6-16-12(18)9-8-14-13(19-2)15-11(9)17(16)10-5-4-7-20-10/h3-5,7-8H,1,6H2,2H3. The highest BCUT2D eigenvalue weighted by atomic mass is 32.2. The van der Waals surface area contributed by atoms with Crippen molar-refractivity contribution in [3.8, 4) is 5.00 Å². The molecule has 0 unspecified atom stereocenters. The maximum atomic E-state index is 12.4. The van der Waals surface area contributed by atoms with Crippen LogP contribution in [0.15, 0.2) is 46.3 Å². The molecule has 102 valence electrons. The Bertz CT molecular complexity index is 817. The zero-order chi connectivity index (χ0) is 14.1. The molecular weight excluding hydrogens is 292 g/mol. The van der Waals surface area contributed by atoms with Crippen LogP contribution in [-0.4, -0.2) is 25.6 Å². The average molecular weight is 304 g/mol. The number of allylic oxidation sites excluding steroid dienone is 1. The molecule has 0 amide bonds. The smallest absolute Gasteiger partial charge is 0.267 e. The summed E-state index contributed by atoms with van der Waals surface area (Å²) in [6.07, 6.45) is 5.21. The molecule has 0 aliphatic carbocycles. The number of thioether (sulfide) groups is 1. The molecule has 3 rings (SSSR count). The Morgan fingerprint density at radius 1 is 1.55 bits per heavy atom. The lowest BCUT2D eigenvalue weighted by Gasteiger charge is -2.07. The van der Waals surface area contributed by atoms with Gasteiger partial charge in [-0.25, -0.2) is 19.3 Å². The Balaban J connectivity index is 2.41. The minimum Gasteiger partial charge on any atom is -0.267 e. The van der Waals surface area contributed by atoms with Crippen molar-refractivity contribution in [2.75, 3.05) is 6.26 Å². The summed E-state index contributed by atoms with van der Waals surface area (Å²) < 4.78 is 3.47. The molecule has 0 saturated heterocycles. The van der Waals surface area contributed by atoms with Crippen LogP contribution >= 0.6 is 23.1 Å². The van der Waals surface area contributed by atoms with E-state index in [-0.39, 0.29) is 5.56 Å². The third-order valence-electron chi connectivity index (χ3n) is 2.85. The number of fused-ring (bicyclic) bond motifs is 1. The number of rotatable bonds is 4. The fourth-order valence-electron chi connectivity index (χ4n) is 2.01. The van der Waals surface area contributed by atoms with E-state index in [0.717, 1.165) is 5.00 Å². The van der Waals surface area contributed by atoms with Gasteiger partial charge >= 0.3 is 0 Å². The molecule has 0 radical (unpaired) electrons. The SMILES string of the molecule is C=CCn1c(=O)c2cnc(SC)nc2n1-c1cccs1. The van der Waals surface area contributed by atoms with Gasteiger partial charge in [-0.3, -0.25) is 4.79 Å². The quantitative estimate of drug-likeness (QED) is 0.422. The second-order valence-electron chi connectivity index (χ2n) is 4.03. The first-order valence-corrected chi connectivity index (χ1v) is 8.04. The number of hydrogen-bond donors (Lipinski definition) is 0. The van der Waals surface area contributed by atoms with Crippen LogP contribution in [0.2, 0.25) is 0 Å². The van der Waals surface area contributed by atoms with E-state index in [0.29, 0.717) is 22.7 Å². The van der Waals surface area contributed by atoms with E-state index in [2.05, 4.69) is 16.5 Å². The van der Waals surface area contributed by atoms with Gasteiger partial charge in [-0.05, 0) is 23.8 Å². The minimum atomic E-state index is -0.0963. The highest BCUT2D eigenvalue weighted by Gasteiger charge is 2.16. The summed E-state index contributed by atoms with van der Waals surface area (Å²) in [6.45, 7) is 4.15. The van der Waals surface area contributed by atoms with E-state index in [9.17, 15) is 4.79 Å². The molecule has 0 aliphatic rings. The summed E-state index contributed by atoms with van der Waals surface area (Å²) in [5.74, 6) is 0. The predicted molar refractivity (Wildman–Crippen MR) is 83.0 cm³/mol. The topological polar surface area (TPSA) is 52.7 Å². The third-order valence-corrected chi connectivity index (χ3v) is 4.26. The molecule has 0 saturated carbocycles. The lowest BCUT2D eigenvalue weighted by Crippen LogP contribution is -2.20. The van der Waals surface area contributed by atoms with Crippen LogP contribution in [0.4, 0.5) is 0 Å². The van der Waals surface area contributed by atoms with Gasteiger partial charge in [0.25, 0.3) is 5.56 Å². The van der Waals surface area contributed by atoms with E-state index in [1.54, 1.807) is 28.3 Å². The predicted octanol–water partition coefficient (Wildman–Crippen LogP) is 2.55. The van der Waals surface area contributed by atoms with Gasteiger partial charge in [0, 0.05) is 6.20 Å². The van der Waals surface area contributed by atoms with Crippen molar-refractivity contribution >= 4 is 34.1 Å². The van der Waals surface area contributed by atoms with E-state index in [4.69, 9.17) is 0 Å². The second kappa shape index (κ2) is 5.26. The fourth-order valence-corrected chi connectivity index (χ4v) is 3.09. The van der Waals surface area contributed by atoms with Gasteiger partial charge in [0.05, 0.1) is 6.54 Å². The monoisotopic (exact) mass is 304 g/mol. The van der Waals surface area contributed by atoms with Crippen LogP contribution in [0, 0.1) is 0 Å². The van der Waals surface area contributed by atoms with Gasteiger partial charge in [0.2, 0.25) is 0 Å². The zero-order valence-electron chi connectivity index (χ0n) is 10.8. The Kier molecular flexibility index (Phi) is 3.45. The molecule has 0 atom stereocenters. The molecule has 0 bridgehead atoms. The number of aromatic nitrogens is 4. The Labute approximate surface area is 123 Å². The molecule has 0 N–H and O–H groups in total. The van der Waals surface area contributed by atoms with Gasteiger partial charge < -0.3 is 0 Å². The van der Waals surface area contributed by atoms with Gasteiger partial charge in [-0.2, -0.15) is 0 Å². The molecule has 0 spiro atoms. The lowest BCUT2D eigenvalue weighted by molar-refractivity contribution is 0.610. The van der Waals surface area contributed by atoms with Crippen molar-refractivity contribution in [2.45, 2.75) is 11.7 Å². The lowest BCUT2D eigenvalue weighted by atomic mass is 10.4. The second-order valence-corrected chi connectivity index (χ2v) is 5.73. The van der Waals surface area contributed by atoms with Gasteiger partial charge in [0.15, 0.2) is 10.8 Å². The third kappa shape index (κ3) is 1.99. The maximum Gasteiger partial charge on any atom is 0.278 e. The van der Waals surface area contributed by atoms with Crippen LogP contribution in [0.3, 0.4) is 0 Å². The van der Waals surface area contributed by atoms with Crippen molar-refractivity contribution in [1.82, 2.24) is 19.3 Å². The van der Waals surface area contributed by atoms with Gasteiger partial charge in [-0.1, -0.05) is 17.8 Å². The summed E-state index contributed by atoms with van der Waals surface area (Å²) in [7, 11) is 0. The van der Waals surface area contributed by atoms with E-state index in [1.807, 2.05) is 28.5 Å². The molecule has 0 fully saturated rings. The summed E-state index contributed by atoms with van der Waals surface area (Å²) in [5.41, 5.74) is 0.541. The van der Waals surface area contributed by atoms with Gasteiger partial charge in [-0.15, -0.1) is 17.9 Å². The van der Waals surface area contributed by atoms with Crippen LogP contribution in [0.5, 0.6) is 0 Å². The summed E-state index contributed by atoms with van der Waals surface area (Å²) in [5, 5.41) is 4.10. The van der Waals surface area contributed by atoms with E-state index >= 15 is 0 Å². The molecule has 0 aromatic carbocycles. The fraction of sp³-hybridized carbons (Fsp3) is 0.154. The molecule has 5 nitrogen and oxygen atoms in total. The molecule has 20 heavy (non-hydrogen) atoms. The summed E-state index contributed by atoms with van der Waals surface area (Å²) >= 11 is 3.01. The Hall–Kier alpha value is -1.86. The first kappa shape index (κ1) is 13.1. The zero-order valence-corrected chi connectivity index (χ0v) is 12.4. The van der Waals surface area contributed by atoms with Crippen molar-refractivity contribution in [1.29, 1.82) is 0 Å². The Morgan fingerprint density at radius 3 is 3.05 bits per heavy atom. The Morgan fingerprint density at radius 2 is 2.40 bits per heavy atom. The molecule has 3 heterocycles. The van der Waals surface area contributed by atoms with E-state index < -0.39 is 0 Å². The maximum absolute atomic E-state index is 12.4. The number of nitrogens with zero attached hydrogens (tertiary/aromatic N) is 4. The van der Waals surface area contributed by atoms with Crippen molar-refractivity contribution < 1.29 is 0 Å². The first-order valence-electron chi connectivity index (χ1n) is 5.93. The summed E-state index contributed by atoms with van der Waals surface area (Å²) in [6, 6.07) is 3.91. The summed E-state index contributed by atoms with van der Waals surface area (Å²) in [4.78, 5) is 21.1. The number of thiophene rings is 1. The van der Waals surface area contributed by atoms with Crippen molar-refractivity contribution in [2.24, 2.45) is 0 Å². The minimum absolute atomic E-state index is 0.0963. The van der Waals surface area contributed by atoms with Gasteiger partial charge in [0.1, 0.15) is 10.4 Å². The molecule has 3 aromatic heterocycles. The first-order chi connectivity index (χ1) is 9.76. The molecule has 3 aromatic rings. The van der Waals surface area contributed by atoms with Crippen LogP contribution in [-0.2, 0) is 6.54 Å². The van der Waals surface area contributed by atoms with Crippen molar-refractivity contribution in [3.63, 3.8) is 0 Å². The van der Waals surface area contributed by atoms with Crippen LogP contribution < -0.4 is 5.56 Å². The number of hydrogen-bond acceptors (Lipinski definition) is 5. The highest BCUT2D eigenvalue weighted by molar-refractivity contribution is 7.98. The van der Waals surface area contributed by atoms with Crippen LogP contribution in [0.1, 0.15) is 0 Å². The molecule has 7 heteroatoms. The normalized spacial score (nSPS) is 11.1. The highest BCUT2D eigenvalue weighted by Crippen LogP contribution is 2.21. The van der Waals surface area contributed by atoms with Crippen LogP contribution in [0.25, 0.3) is 16.0 Å². The average Bonchev–Trinajstić information content (AvgIpc) is 3.07. The molecular formula is C13H12N4OS2. The van der Waals surface area contributed by atoms with Crippen molar-refractivity contribution in [3.05, 3.63) is 46.7 Å². The largest absolute Gasteiger partial charge is 0.278 e. The van der Waals surface area contributed by atoms with E-state index in [1.165, 1.54) is 11.8 Å². The molecule has 0 aliphatic heterocycles.